The van der Waals surface area contributed by atoms with Crippen LogP contribution in [0.2, 0.25) is 0 Å². The Balaban J connectivity index is 2.48. The highest BCUT2D eigenvalue weighted by Gasteiger charge is 2.08. The fourth-order valence-electron chi connectivity index (χ4n) is 1.81. The van der Waals surface area contributed by atoms with Gasteiger partial charge in [-0.25, -0.2) is 4.68 Å². The molecule has 0 amide bonds. The van der Waals surface area contributed by atoms with E-state index in [1.807, 2.05) is 0 Å². The quantitative estimate of drug-likeness (QED) is 0.787. The van der Waals surface area contributed by atoms with Gasteiger partial charge in [-0.2, -0.15) is 0 Å². The maximum Gasteiger partial charge on any atom is 0.265 e. The van der Waals surface area contributed by atoms with Crippen molar-refractivity contribution in [3.05, 3.63) is 62.2 Å². The molecule has 1 heterocycles. The molecule has 1 aromatic carbocycles. The number of H-pyrrole nitrogens is 1. The molecular formula is C13H13N3O3S. The average Bonchev–Trinajstić information content (AvgIpc) is 2.42. The summed E-state index contributed by atoms with van der Waals surface area (Å²) in [4.78, 5) is 23.2. The molecule has 104 valence electrons. The standard InChI is InChI=1S/C13H13N3O3S/c1-19-10-3-2-8(13(14)20)6-9(10)7-16-12(18)5-4-11(17)15-16/h2-6H,7H2,1H3,(H2,14,20)(H,15,17). The molecule has 0 atom stereocenters. The highest BCUT2D eigenvalue weighted by molar-refractivity contribution is 7.80. The van der Waals surface area contributed by atoms with Crippen molar-refractivity contribution in [2.24, 2.45) is 5.73 Å². The van der Waals surface area contributed by atoms with Crippen LogP contribution in [0.25, 0.3) is 0 Å². The van der Waals surface area contributed by atoms with E-state index in [-0.39, 0.29) is 22.7 Å². The Bertz CT molecular complexity index is 764. The Kier molecular flexibility index (Phi) is 3.99. The van der Waals surface area contributed by atoms with Gasteiger partial charge < -0.3 is 10.5 Å². The van der Waals surface area contributed by atoms with Crippen LogP contribution in [0, 0.1) is 0 Å². The first-order chi connectivity index (χ1) is 9.51. The summed E-state index contributed by atoms with van der Waals surface area (Å²) in [5.74, 6) is 0.585. The van der Waals surface area contributed by atoms with Gasteiger partial charge in [0.2, 0.25) is 0 Å². The number of hydrogen-bond donors (Lipinski definition) is 2. The largest absolute Gasteiger partial charge is 0.496 e. The Hall–Kier alpha value is -2.41. The van der Waals surface area contributed by atoms with Gasteiger partial charge in [0.15, 0.2) is 0 Å². The Morgan fingerprint density at radius 2 is 2.10 bits per heavy atom. The highest BCUT2D eigenvalue weighted by Crippen LogP contribution is 2.20. The van der Waals surface area contributed by atoms with Crippen molar-refractivity contribution >= 4 is 17.2 Å². The topological polar surface area (TPSA) is 90.1 Å². The predicted octanol–water partition coefficient (Wildman–Crippen LogP) is 0.228. The Morgan fingerprint density at radius 3 is 2.75 bits per heavy atom. The third-order valence-electron chi connectivity index (χ3n) is 2.78. The molecule has 0 saturated heterocycles. The summed E-state index contributed by atoms with van der Waals surface area (Å²) in [6, 6.07) is 7.58. The number of nitrogens with zero attached hydrogens (tertiary/aromatic N) is 1. The molecule has 0 aliphatic rings. The van der Waals surface area contributed by atoms with Gasteiger partial charge in [0.1, 0.15) is 10.7 Å². The summed E-state index contributed by atoms with van der Waals surface area (Å²) in [5.41, 5.74) is 6.29. The maximum atomic E-state index is 11.7. The van der Waals surface area contributed by atoms with Crippen LogP contribution >= 0.6 is 12.2 Å². The van der Waals surface area contributed by atoms with Crippen molar-refractivity contribution in [2.75, 3.05) is 7.11 Å². The number of thiocarbonyl (C=S) groups is 1. The van der Waals surface area contributed by atoms with Crippen molar-refractivity contribution in [1.82, 2.24) is 9.78 Å². The van der Waals surface area contributed by atoms with Crippen LogP contribution < -0.4 is 21.6 Å². The van der Waals surface area contributed by atoms with Crippen LogP contribution in [0.4, 0.5) is 0 Å². The van der Waals surface area contributed by atoms with E-state index in [1.165, 1.54) is 23.9 Å². The highest BCUT2D eigenvalue weighted by atomic mass is 32.1. The number of methoxy groups -OCH3 is 1. The van der Waals surface area contributed by atoms with Crippen LogP contribution in [0.1, 0.15) is 11.1 Å². The lowest BCUT2D eigenvalue weighted by atomic mass is 10.1. The van der Waals surface area contributed by atoms with E-state index in [0.717, 1.165) is 0 Å². The molecule has 0 unspecified atom stereocenters. The minimum atomic E-state index is -0.353. The second-order valence-corrected chi connectivity index (χ2v) is 4.56. The lowest BCUT2D eigenvalue weighted by molar-refractivity contribution is 0.406. The normalized spacial score (nSPS) is 10.2. The minimum absolute atomic E-state index is 0.161. The van der Waals surface area contributed by atoms with E-state index in [0.29, 0.717) is 16.9 Å². The van der Waals surface area contributed by atoms with Crippen molar-refractivity contribution in [2.45, 2.75) is 6.54 Å². The molecule has 0 radical (unpaired) electrons. The third-order valence-corrected chi connectivity index (χ3v) is 3.02. The molecule has 2 rings (SSSR count). The van der Waals surface area contributed by atoms with Gasteiger partial charge in [-0.15, -0.1) is 0 Å². The van der Waals surface area contributed by atoms with Gasteiger partial charge in [0.05, 0.1) is 13.7 Å². The minimum Gasteiger partial charge on any atom is -0.496 e. The molecule has 3 N–H and O–H groups in total. The molecule has 0 aliphatic heterocycles. The number of aromatic amines is 1. The second kappa shape index (κ2) is 5.70. The number of nitrogens with one attached hydrogen (secondary N) is 1. The monoisotopic (exact) mass is 291 g/mol. The van der Waals surface area contributed by atoms with E-state index in [2.05, 4.69) is 5.10 Å². The zero-order valence-electron chi connectivity index (χ0n) is 10.8. The van der Waals surface area contributed by atoms with Crippen molar-refractivity contribution in [1.29, 1.82) is 0 Å². The SMILES string of the molecule is COc1ccc(C(N)=S)cc1Cn1[nH]c(=O)ccc1=O. The smallest absolute Gasteiger partial charge is 0.265 e. The molecule has 7 heteroatoms. The molecule has 0 saturated carbocycles. The zero-order valence-corrected chi connectivity index (χ0v) is 11.6. The number of hydrogen-bond acceptors (Lipinski definition) is 4. The molecule has 0 bridgehead atoms. The van der Waals surface area contributed by atoms with Gasteiger partial charge in [-0.05, 0) is 18.2 Å². The lowest BCUT2D eigenvalue weighted by Crippen LogP contribution is -2.28. The number of ether oxygens (including phenoxy) is 1. The van der Waals surface area contributed by atoms with E-state index in [1.54, 1.807) is 18.2 Å². The van der Waals surface area contributed by atoms with E-state index >= 15 is 0 Å². The Labute approximate surface area is 119 Å². The van der Waals surface area contributed by atoms with Crippen molar-refractivity contribution in [3.63, 3.8) is 0 Å². The Morgan fingerprint density at radius 1 is 1.35 bits per heavy atom. The number of aromatic nitrogens is 2. The van der Waals surface area contributed by atoms with Crippen LogP contribution in [0.15, 0.2) is 39.9 Å². The molecule has 0 fully saturated rings. The number of benzene rings is 1. The fourth-order valence-corrected chi connectivity index (χ4v) is 1.93. The molecule has 20 heavy (non-hydrogen) atoms. The first-order valence-electron chi connectivity index (χ1n) is 5.78. The molecular weight excluding hydrogens is 278 g/mol. The van der Waals surface area contributed by atoms with Crippen molar-refractivity contribution < 1.29 is 4.74 Å². The zero-order chi connectivity index (χ0) is 14.7. The lowest BCUT2D eigenvalue weighted by Gasteiger charge is -2.11. The van der Waals surface area contributed by atoms with E-state index in [9.17, 15) is 9.59 Å². The van der Waals surface area contributed by atoms with E-state index in [4.69, 9.17) is 22.7 Å². The summed E-state index contributed by atoms with van der Waals surface area (Å²) in [6.45, 7) is 0.161. The molecule has 6 nitrogen and oxygen atoms in total. The maximum absolute atomic E-state index is 11.7. The van der Waals surface area contributed by atoms with Crippen LogP contribution in [-0.2, 0) is 6.54 Å². The van der Waals surface area contributed by atoms with Gasteiger partial charge in [0.25, 0.3) is 11.1 Å². The summed E-state index contributed by atoms with van der Waals surface area (Å²) in [7, 11) is 1.52. The predicted molar refractivity (Wildman–Crippen MR) is 79.3 cm³/mol. The second-order valence-electron chi connectivity index (χ2n) is 4.12. The van der Waals surface area contributed by atoms with Gasteiger partial charge >= 0.3 is 0 Å². The first-order valence-corrected chi connectivity index (χ1v) is 6.19. The third kappa shape index (κ3) is 2.94. The fraction of sp³-hybridized carbons (Fsp3) is 0.154. The number of nitrogens with two attached hydrogens (primary N) is 1. The van der Waals surface area contributed by atoms with Crippen LogP contribution in [0.3, 0.4) is 0 Å². The van der Waals surface area contributed by atoms with Gasteiger partial charge in [0, 0.05) is 23.3 Å². The summed E-state index contributed by atoms with van der Waals surface area (Å²) in [6.07, 6.45) is 0. The van der Waals surface area contributed by atoms with Gasteiger partial charge in [-0.3, -0.25) is 14.7 Å². The molecule has 0 spiro atoms. The van der Waals surface area contributed by atoms with Crippen molar-refractivity contribution in [3.8, 4) is 5.75 Å². The molecule has 0 aliphatic carbocycles. The van der Waals surface area contributed by atoms with Crippen LogP contribution in [0.5, 0.6) is 5.75 Å². The molecule has 2 aromatic rings. The number of rotatable bonds is 4. The molecule has 1 aromatic heterocycles. The summed E-state index contributed by atoms with van der Waals surface area (Å²) < 4.78 is 6.43. The first kappa shape index (κ1) is 14.0. The van der Waals surface area contributed by atoms with E-state index < -0.39 is 0 Å². The summed E-state index contributed by atoms with van der Waals surface area (Å²) >= 11 is 4.92. The van der Waals surface area contributed by atoms with Gasteiger partial charge in [-0.1, -0.05) is 12.2 Å². The summed E-state index contributed by atoms with van der Waals surface area (Å²) in [5, 5.41) is 2.45. The average molecular weight is 291 g/mol. The van der Waals surface area contributed by atoms with Crippen LogP contribution in [-0.4, -0.2) is 21.9 Å².